The molecule has 0 radical (unpaired) electrons. The van der Waals surface area contributed by atoms with Crippen molar-refractivity contribution in [3.63, 3.8) is 0 Å². The molecular formula is C18H13ClN4OS2. The van der Waals surface area contributed by atoms with Gasteiger partial charge in [-0.3, -0.25) is 14.3 Å². The molecule has 3 aromatic heterocycles. The summed E-state index contributed by atoms with van der Waals surface area (Å²) in [4.78, 5) is 13.9. The van der Waals surface area contributed by atoms with Crippen LogP contribution in [0.3, 0.4) is 0 Å². The number of nitrogens with zero attached hydrogens (tertiary/aromatic N) is 2. The minimum atomic E-state index is -0.257. The molecule has 0 bridgehead atoms. The third-order valence-electron chi connectivity index (χ3n) is 3.98. The van der Waals surface area contributed by atoms with Gasteiger partial charge >= 0.3 is 0 Å². The summed E-state index contributed by atoms with van der Waals surface area (Å²) in [6.07, 6.45) is 1.68. The fraction of sp³-hybridized carbons (Fsp3) is 0.0556. The molecular weight excluding hydrogens is 388 g/mol. The fourth-order valence-corrected chi connectivity index (χ4v) is 3.80. The smallest absolute Gasteiger partial charge is 0.253 e. The van der Waals surface area contributed by atoms with E-state index in [1.807, 2.05) is 41.8 Å². The first-order valence-electron chi connectivity index (χ1n) is 7.78. The maximum Gasteiger partial charge on any atom is 0.253 e. The van der Waals surface area contributed by atoms with Crippen LogP contribution >= 0.6 is 35.2 Å². The van der Waals surface area contributed by atoms with E-state index >= 15 is 0 Å². The third-order valence-corrected chi connectivity index (χ3v) is 5.46. The van der Waals surface area contributed by atoms with Gasteiger partial charge in [0.25, 0.3) is 5.91 Å². The Morgan fingerprint density at radius 3 is 2.77 bits per heavy atom. The highest BCUT2D eigenvalue weighted by atomic mass is 35.5. The molecule has 4 aromatic rings. The van der Waals surface area contributed by atoms with E-state index in [9.17, 15) is 4.79 Å². The molecule has 0 saturated carbocycles. The molecule has 1 atom stereocenters. The number of aromatic nitrogens is 3. The highest BCUT2D eigenvalue weighted by Gasteiger charge is 2.19. The summed E-state index contributed by atoms with van der Waals surface area (Å²) in [5.74, 6) is -0.191. The second-order valence-electron chi connectivity index (χ2n) is 5.65. The molecule has 0 saturated heterocycles. The lowest BCUT2D eigenvalue weighted by Crippen LogP contribution is -2.29. The van der Waals surface area contributed by atoms with Gasteiger partial charge in [-0.1, -0.05) is 29.8 Å². The number of carbonyl (C=O) groups is 1. The average Bonchev–Trinajstić information content (AvgIpc) is 3.30. The maximum atomic E-state index is 12.9. The van der Waals surface area contributed by atoms with Crippen LogP contribution in [0.5, 0.6) is 0 Å². The summed E-state index contributed by atoms with van der Waals surface area (Å²) in [5.41, 5.74) is 2.13. The van der Waals surface area contributed by atoms with Gasteiger partial charge in [-0.2, -0.15) is 5.10 Å². The molecule has 5 nitrogen and oxygen atoms in total. The highest BCUT2D eigenvalue weighted by molar-refractivity contribution is 7.71. The van der Waals surface area contributed by atoms with Gasteiger partial charge in [0.15, 0.2) is 10.4 Å². The van der Waals surface area contributed by atoms with Crippen molar-refractivity contribution in [1.29, 1.82) is 0 Å². The molecule has 0 spiro atoms. The van der Waals surface area contributed by atoms with Crippen molar-refractivity contribution in [1.82, 2.24) is 19.9 Å². The summed E-state index contributed by atoms with van der Waals surface area (Å²) in [6.45, 7) is 0. The molecule has 0 aliphatic rings. The van der Waals surface area contributed by atoms with Crippen molar-refractivity contribution in [2.24, 2.45) is 0 Å². The summed E-state index contributed by atoms with van der Waals surface area (Å²) in [5, 5.41) is 12.5. The van der Waals surface area contributed by atoms with E-state index in [2.05, 4.69) is 15.5 Å². The van der Waals surface area contributed by atoms with Crippen LogP contribution in [0, 0.1) is 4.77 Å². The molecule has 3 heterocycles. The van der Waals surface area contributed by atoms with Crippen molar-refractivity contribution in [2.75, 3.05) is 0 Å². The van der Waals surface area contributed by atoms with Gasteiger partial charge in [-0.25, -0.2) is 0 Å². The van der Waals surface area contributed by atoms with Crippen LogP contribution in [0.1, 0.15) is 26.8 Å². The molecule has 26 heavy (non-hydrogen) atoms. The third kappa shape index (κ3) is 3.29. The second kappa shape index (κ2) is 7.03. The SMILES string of the molecule is O=C(N[C@H](c1ccc(Cl)cc1)c1cccs1)c1ccc2n[nH]c(=S)n2c1. The van der Waals surface area contributed by atoms with Crippen LogP contribution in [0.2, 0.25) is 5.02 Å². The van der Waals surface area contributed by atoms with Crippen molar-refractivity contribution >= 4 is 46.7 Å². The van der Waals surface area contributed by atoms with E-state index in [1.54, 1.807) is 34.1 Å². The minimum absolute atomic E-state index is 0.191. The molecule has 8 heteroatoms. The summed E-state index contributed by atoms with van der Waals surface area (Å²) >= 11 is 12.8. The largest absolute Gasteiger partial charge is 0.340 e. The zero-order chi connectivity index (χ0) is 18.1. The number of carbonyl (C=O) groups excluding carboxylic acids is 1. The number of hydrogen-bond acceptors (Lipinski definition) is 4. The monoisotopic (exact) mass is 400 g/mol. The number of fused-ring (bicyclic) bond motifs is 1. The number of hydrogen-bond donors (Lipinski definition) is 2. The molecule has 4 rings (SSSR count). The molecule has 2 N–H and O–H groups in total. The van der Waals surface area contributed by atoms with Crippen LogP contribution < -0.4 is 5.32 Å². The normalized spacial score (nSPS) is 12.2. The van der Waals surface area contributed by atoms with Gasteiger partial charge < -0.3 is 5.32 Å². The topological polar surface area (TPSA) is 62.2 Å². The summed E-state index contributed by atoms with van der Waals surface area (Å²) in [7, 11) is 0. The first kappa shape index (κ1) is 17.0. The molecule has 0 unspecified atom stereocenters. The lowest BCUT2D eigenvalue weighted by atomic mass is 10.0. The first-order chi connectivity index (χ1) is 12.6. The Kier molecular flexibility index (Phi) is 4.58. The first-order valence-corrected chi connectivity index (χ1v) is 9.45. The van der Waals surface area contributed by atoms with Gasteiger partial charge in [0.05, 0.1) is 11.6 Å². The fourth-order valence-electron chi connectivity index (χ4n) is 2.68. The standard InChI is InChI=1S/C18H13ClN4OS2/c19-13-6-3-11(4-7-13)16(14-2-1-9-26-14)20-17(24)12-5-8-15-21-22-18(25)23(15)10-12/h1-10,16H,(H,20,24)(H,22,25)/t16-/m1/s1. The maximum absolute atomic E-state index is 12.9. The number of amides is 1. The van der Waals surface area contributed by atoms with E-state index < -0.39 is 0 Å². The molecule has 0 aliphatic heterocycles. The summed E-state index contributed by atoms with van der Waals surface area (Å²) < 4.78 is 2.12. The number of rotatable bonds is 4. The lowest BCUT2D eigenvalue weighted by molar-refractivity contribution is 0.0943. The molecule has 1 aromatic carbocycles. The Morgan fingerprint density at radius 1 is 1.23 bits per heavy atom. The van der Waals surface area contributed by atoms with Crippen molar-refractivity contribution in [3.05, 3.63) is 85.9 Å². The highest BCUT2D eigenvalue weighted by Crippen LogP contribution is 2.27. The number of thiophene rings is 1. The minimum Gasteiger partial charge on any atom is -0.340 e. The van der Waals surface area contributed by atoms with Crippen LogP contribution in [0.25, 0.3) is 5.65 Å². The predicted octanol–water partition coefficient (Wildman–Crippen LogP) is 4.63. The van der Waals surface area contributed by atoms with Crippen LogP contribution in [0.15, 0.2) is 60.1 Å². The molecule has 1 amide bonds. The molecule has 0 fully saturated rings. The van der Waals surface area contributed by atoms with E-state index in [0.29, 0.717) is 21.0 Å². The Hall–Kier alpha value is -2.48. The Labute approximate surface area is 163 Å². The Balaban J connectivity index is 1.68. The van der Waals surface area contributed by atoms with Gasteiger partial charge in [-0.05, 0) is 53.5 Å². The van der Waals surface area contributed by atoms with Gasteiger partial charge in [0.1, 0.15) is 0 Å². The zero-order valence-corrected chi connectivity index (χ0v) is 15.7. The van der Waals surface area contributed by atoms with E-state index in [1.165, 1.54) is 0 Å². The number of benzene rings is 1. The van der Waals surface area contributed by atoms with E-state index in [-0.39, 0.29) is 11.9 Å². The lowest BCUT2D eigenvalue weighted by Gasteiger charge is -2.18. The summed E-state index contributed by atoms with van der Waals surface area (Å²) in [6, 6.07) is 14.7. The number of halogens is 1. The molecule has 0 aliphatic carbocycles. The van der Waals surface area contributed by atoms with Crippen LogP contribution in [-0.4, -0.2) is 20.5 Å². The van der Waals surface area contributed by atoms with Crippen molar-refractivity contribution < 1.29 is 4.79 Å². The number of nitrogens with one attached hydrogen (secondary N) is 2. The predicted molar refractivity (Wildman–Crippen MR) is 105 cm³/mol. The Morgan fingerprint density at radius 2 is 2.04 bits per heavy atom. The second-order valence-corrected chi connectivity index (χ2v) is 7.45. The van der Waals surface area contributed by atoms with Gasteiger partial charge in [0.2, 0.25) is 0 Å². The van der Waals surface area contributed by atoms with E-state index in [0.717, 1.165) is 10.4 Å². The number of aromatic amines is 1. The zero-order valence-electron chi connectivity index (χ0n) is 13.3. The number of H-pyrrole nitrogens is 1. The van der Waals surface area contributed by atoms with Crippen molar-refractivity contribution in [3.8, 4) is 0 Å². The average molecular weight is 401 g/mol. The van der Waals surface area contributed by atoms with Crippen LogP contribution in [0.4, 0.5) is 0 Å². The quantitative estimate of drug-likeness (QED) is 0.491. The van der Waals surface area contributed by atoms with Crippen LogP contribution in [-0.2, 0) is 0 Å². The van der Waals surface area contributed by atoms with Crippen molar-refractivity contribution in [2.45, 2.75) is 6.04 Å². The van der Waals surface area contributed by atoms with Gasteiger partial charge in [0, 0.05) is 16.1 Å². The van der Waals surface area contributed by atoms with Gasteiger partial charge in [-0.15, -0.1) is 11.3 Å². The molecule has 130 valence electrons. The van der Waals surface area contributed by atoms with E-state index in [4.69, 9.17) is 23.8 Å². The number of pyridine rings is 1. The Bertz CT molecular complexity index is 1120.